The van der Waals surface area contributed by atoms with Crippen molar-refractivity contribution in [3.63, 3.8) is 0 Å². The molecule has 1 saturated heterocycles. The number of aliphatic hydroxyl groups excluding tert-OH is 1. The molecule has 1 aliphatic rings. The molecule has 0 saturated carbocycles. The largest absolute Gasteiger partial charge is 0.393 e. The maximum atomic E-state index is 9.71. The summed E-state index contributed by atoms with van der Waals surface area (Å²) in [6.07, 6.45) is 2.45. The lowest BCUT2D eigenvalue weighted by molar-refractivity contribution is 0.00318. The maximum absolute atomic E-state index is 9.71. The van der Waals surface area contributed by atoms with Gasteiger partial charge in [0.15, 0.2) is 0 Å². The van der Waals surface area contributed by atoms with Gasteiger partial charge in [-0.2, -0.15) is 0 Å². The van der Waals surface area contributed by atoms with Crippen LogP contribution < -0.4 is 5.73 Å². The van der Waals surface area contributed by atoms with Crippen LogP contribution in [0, 0.1) is 5.92 Å². The minimum atomic E-state index is -0.228. The first-order chi connectivity index (χ1) is 5.70. The van der Waals surface area contributed by atoms with Gasteiger partial charge in [-0.25, -0.2) is 0 Å². The molecule has 0 amide bonds. The number of rotatable bonds is 3. The van der Waals surface area contributed by atoms with Crippen molar-refractivity contribution in [1.82, 2.24) is 0 Å². The van der Waals surface area contributed by atoms with Gasteiger partial charge >= 0.3 is 0 Å². The molecule has 3 heteroatoms. The van der Waals surface area contributed by atoms with Gasteiger partial charge in [-0.1, -0.05) is 0 Å². The number of hydrogen-bond donors (Lipinski definition) is 2. The van der Waals surface area contributed by atoms with Crippen molar-refractivity contribution in [1.29, 1.82) is 0 Å². The lowest BCUT2D eigenvalue weighted by Crippen LogP contribution is -2.32. The fraction of sp³-hybridized carbons (Fsp3) is 1.00. The van der Waals surface area contributed by atoms with Gasteiger partial charge in [0, 0.05) is 19.3 Å². The van der Waals surface area contributed by atoms with E-state index in [2.05, 4.69) is 0 Å². The molecule has 2 atom stereocenters. The van der Waals surface area contributed by atoms with Crippen molar-refractivity contribution in [2.75, 3.05) is 13.2 Å². The van der Waals surface area contributed by atoms with E-state index in [1.54, 1.807) is 0 Å². The molecule has 1 fully saturated rings. The third-order valence-electron chi connectivity index (χ3n) is 2.42. The highest BCUT2D eigenvalue weighted by Crippen LogP contribution is 2.21. The molecular formula is C9H19NO2. The van der Waals surface area contributed by atoms with Crippen molar-refractivity contribution in [3.05, 3.63) is 0 Å². The SMILES string of the molecule is CC(N)CC(O)C1CCOCC1. The van der Waals surface area contributed by atoms with Gasteiger partial charge in [-0.3, -0.25) is 0 Å². The second kappa shape index (κ2) is 4.80. The minimum Gasteiger partial charge on any atom is -0.393 e. The van der Waals surface area contributed by atoms with Crippen molar-refractivity contribution in [3.8, 4) is 0 Å². The molecule has 12 heavy (non-hydrogen) atoms. The number of hydrogen-bond acceptors (Lipinski definition) is 3. The lowest BCUT2D eigenvalue weighted by Gasteiger charge is -2.27. The Hall–Kier alpha value is -0.120. The van der Waals surface area contributed by atoms with E-state index in [1.165, 1.54) is 0 Å². The Balaban J connectivity index is 2.24. The van der Waals surface area contributed by atoms with Crippen LogP contribution in [-0.4, -0.2) is 30.5 Å². The normalized spacial score (nSPS) is 25.2. The average molecular weight is 173 g/mol. The van der Waals surface area contributed by atoms with Gasteiger partial charge in [0.05, 0.1) is 6.10 Å². The molecular weight excluding hydrogens is 154 g/mol. The molecule has 2 unspecified atom stereocenters. The van der Waals surface area contributed by atoms with Crippen LogP contribution in [0.2, 0.25) is 0 Å². The quantitative estimate of drug-likeness (QED) is 0.654. The molecule has 72 valence electrons. The molecule has 0 bridgehead atoms. The highest BCUT2D eigenvalue weighted by molar-refractivity contribution is 4.74. The summed E-state index contributed by atoms with van der Waals surface area (Å²) in [7, 11) is 0. The second-order valence-electron chi connectivity index (χ2n) is 3.73. The van der Waals surface area contributed by atoms with Crippen LogP contribution in [0.15, 0.2) is 0 Å². The van der Waals surface area contributed by atoms with E-state index in [9.17, 15) is 5.11 Å². The van der Waals surface area contributed by atoms with Crippen molar-refractivity contribution < 1.29 is 9.84 Å². The Morgan fingerprint density at radius 3 is 2.58 bits per heavy atom. The van der Waals surface area contributed by atoms with E-state index in [-0.39, 0.29) is 12.1 Å². The van der Waals surface area contributed by atoms with Crippen molar-refractivity contribution in [2.24, 2.45) is 11.7 Å². The Bertz CT molecular complexity index is 122. The highest BCUT2D eigenvalue weighted by Gasteiger charge is 2.22. The molecule has 1 heterocycles. The van der Waals surface area contributed by atoms with Crippen LogP contribution in [0.25, 0.3) is 0 Å². The van der Waals surface area contributed by atoms with Gasteiger partial charge in [-0.15, -0.1) is 0 Å². The molecule has 1 rings (SSSR count). The number of nitrogens with two attached hydrogens (primary N) is 1. The summed E-state index contributed by atoms with van der Waals surface area (Å²) in [6, 6.07) is 0.0999. The monoisotopic (exact) mass is 173 g/mol. The molecule has 0 aliphatic carbocycles. The fourth-order valence-corrected chi connectivity index (χ4v) is 1.67. The summed E-state index contributed by atoms with van der Waals surface area (Å²) in [5, 5.41) is 9.71. The number of ether oxygens (including phenoxy) is 1. The Kier molecular flexibility index (Phi) is 3.98. The van der Waals surface area contributed by atoms with Gasteiger partial charge in [0.2, 0.25) is 0 Å². The van der Waals surface area contributed by atoms with Crippen molar-refractivity contribution in [2.45, 2.75) is 38.3 Å². The zero-order chi connectivity index (χ0) is 8.97. The maximum Gasteiger partial charge on any atom is 0.0584 e. The smallest absolute Gasteiger partial charge is 0.0584 e. The Labute approximate surface area is 73.9 Å². The summed E-state index contributed by atoms with van der Waals surface area (Å²) in [5.74, 6) is 0.407. The van der Waals surface area contributed by atoms with E-state index in [0.717, 1.165) is 26.1 Å². The van der Waals surface area contributed by atoms with Crippen LogP contribution in [0.1, 0.15) is 26.2 Å². The summed E-state index contributed by atoms with van der Waals surface area (Å²) in [5.41, 5.74) is 5.61. The predicted molar refractivity (Wildman–Crippen MR) is 47.8 cm³/mol. The first-order valence-corrected chi connectivity index (χ1v) is 4.71. The predicted octanol–water partition coefficient (Wildman–Crippen LogP) is 0.511. The molecule has 3 N–H and O–H groups in total. The molecule has 0 aromatic carbocycles. The molecule has 3 nitrogen and oxygen atoms in total. The van der Waals surface area contributed by atoms with Crippen molar-refractivity contribution >= 4 is 0 Å². The van der Waals surface area contributed by atoms with E-state index < -0.39 is 0 Å². The summed E-state index contributed by atoms with van der Waals surface area (Å²) in [6.45, 7) is 3.52. The van der Waals surface area contributed by atoms with Crippen LogP contribution in [0.3, 0.4) is 0 Å². The summed E-state index contributed by atoms with van der Waals surface area (Å²) in [4.78, 5) is 0. The molecule has 1 aliphatic heterocycles. The van der Waals surface area contributed by atoms with Gasteiger partial charge < -0.3 is 15.6 Å². The zero-order valence-corrected chi connectivity index (χ0v) is 7.70. The van der Waals surface area contributed by atoms with Gasteiger partial charge in [0.25, 0.3) is 0 Å². The summed E-state index contributed by atoms with van der Waals surface area (Å²) < 4.78 is 5.21. The van der Waals surface area contributed by atoms with Gasteiger partial charge in [0.1, 0.15) is 0 Å². The Morgan fingerprint density at radius 1 is 1.50 bits per heavy atom. The number of aliphatic hydroxyl groups is 1. The standard InChI is InChI=1S/C9H19NO2/c1-7(10)6-9(11)8-2-4-12-5-3-8/h7-9,11H,2-6,10H2,1H3. The average Bonchev–Trinajstić information content (AvgIpc) is 2.05. The topological polar surface area (TPSA) is 55.5 Å². The van der Waals surface area contributed by atoms with E-state index >= 15 is 0 Å². The first-order valence-electron chi connectivity index (χ1n) is 4.71. The van der Waals surface area contributed by atoms with Crippen LogP contribution in [0.4, 0.5) is 0 Å². The zero-order valence-electron chi connectivity index (χ0n) is 7.70. The third kappa shape index (κ3) is 3.09. The van der Waals surface area contributed by atoms with Crippen LogP contribution in [0.5, 0.6) is 0 Å². The fourth-order valence-electron chi connectivity index (χ4n) is 1.67. The van der Waals surface area contributed by atoms with E-state index in [4.69, 9.17) is 10.5 Å². The third-order valence-corrected chi connectivity index (χ3v) is 2.42. The molecule has 0 aromatic rings. The minimum absolute atomic E-state index is 0.0999. The summed E-state index contributed by atoms with van der Waals surface area (Å²) >= 11 is 0. The molecule has 0 radical (unpaired) electrons. The first kappa shape index (κ1) is 9.96. The molecule has 0 aromatic heterocycles. The highest BCUT2D eigenvalue weighted by atomic mass is 16.5. The second-order valence-corrected chi connectivity index (χ2v) is 3.73. The lowest BCUT2D eigenvalue weighted by atomic mass is 9.90. The van der Waals surface area contributed by atoms with E-state index in [0.29, 0.717) is 12.3 Å². The van der Waals surface area contributed by atoms with E-state index in [1.807, 2.05) is 6.92 Å². The van der Waals surface area contributed by atoms with Crippen LogP contribution in [-0.2, 0) is 4.74 Å². The Morgan fingerprint density at radius 2 is 2.08 bits per heavy atom. The van der Waals surface area contributed by atoms with Gasteiger partial charge in [-0.05, 0) is 32.1 Å². The molecule has 0 spiro atoms. The van der Waals surface area contributed by atoms with Crippen LogP contribution >= 0.6 is 0 Å².